The minimum Gasteiger partial charge on any atom is -0.480 e. The van der Waals surface area contributed by atoms with Gasteiger partial charge in [-0.25, -0.2) is 0 Å². The number of hydrogen-bond acceptors (Lipinski definition) is 2. The van der Waals surface area contributed by atoms with Gasteiger partial charge in [0.25, 0.3) is 0 Å². The van der Waals surface area contributed by atoms with E-state index in [1.165, 1.54) is 51.4 Å². The molecule has 0 aromatic heterocycles. The number of unbranched alkanes of at least 4 members (excludes halogenated alkanes) is 4. The highest BCUT2D eigenvalue weighted by molar-refractivity contribution is 5.68. The van der Waals surface area contributed by atoms with Gasteiger partial charge >= 0.3 is 5.97 Å². The van der Waals surface area contributed by atoms with Crippen molar-refractivity contribution in [1.82, 2.24) is 5.32 Å². The van der Waals surface area contributed by atoms with Crippen molar-refractivity contribution in [2.45, 2.75) is 72.1 Å². The lowest BCUT2D eigenvalue weighted by atomic mass is 9.80. The summed E-state index contributed by atoms with van der Waals surface area (Å²) in [6.45, 7) is 7.64. The van der Waals surface area contributed by atoms with Crippen molar-refractivity contribution in [1.29, 1.82) is 0 Å². The van der Waals surface area contributed by atoms with Gasteiger partial charge in [-0.1, -0.05) is 59.3 Å². The van der Waals surface area contributed by atoms with Gasteiger partial charge < -0.3 is 10.4 Å². The number of hydrogen-bond donors (Lipinski definition) is 2. The zero-order valence-corrected chi connectivity index (χ0v) is 12.4. The summed E-state index contributed by atoms with van der Waals surface area (Å²) in [5.74, 6) is -0.765. The molecule has 0 spiro atoms. The molecule has 108 valence electrons. The Morgan fingerprint density at radius 1 is 1.06 bits per heavy atom. The molecule has 0 aliphatic heterocycles. The highest BCUT2D eigenvalue weighted by Gasteiger charge is 2.22. The van der Waals surface area contributed by atoms with Gasteiger partial charge in [-0.3, -0.25) is 4.79 Å². The van der Waals surface area contributed by atoms with Crippen molar-refractivity contribution in [2.75, 3.05) is 13.1 Å². The molecule has 0 saturated heterocycles. The molecule has 0 aromatic rings. The fourth-order valence-electron chi connectivity index (χ4n) is 2.36. The first-order valence-electron chi connectivity index (χ1n) is 7.46. The molecule has 0 rings (SSSR count). The van der Waals surface area contributed by atoms with Crippen molar-refractivity contribution in [3.05, 3.63) is 0 Å². The highest BCUT2D eigenvalue weighted by atomic mass is 16.4. The Bertz CT molecular complexity index is 219. The summed E-state index contributed by atoms with van der Waals surface area (Å²) in [6, 6.07) is 0. The Balaban J connectivity index is 4.02. The van der Waals surface area contributed by atoms with Crippen LogP contribution in [0.1, 0.15) is 72.1 Å². The zero-order valence-electron chi connectivity index (χ0n) is 12.4. The monoisotopic (exact) mass is 257 g/mol. The molecule has 1 atom stereocenters. The molecule has 0 saturated carbocycles. The summed E-state index contributed by atoms with van der Waals surface area (Å²) >= 11 is 0. The summed E-state index contributed by atoms with van der Waals surface area (Å²) in [5, 5.41) is 11.7. The second kappa shape index (κ2) is 10.4. The van der Waals surface area contributed by atoms with Gasteiger partial charge in [0.1, 0.15) is 0 Å². The Morgan fingerprint density at radius 2 is 1.67 bits per heavy atom. The molecule has 0 aromatic carbocycles. The molecule has 0 bridgehead atoms. The molecule has 0 aliphatic carbocycles. The van der Waals surface area contributed by atoms with Crippen LogP contribution < -0.4 is 5.32 Å². The second-order valence-electron chi connectivity index (χ2n) is 5.72. The smallest absolute Gasteiger partial charge is 0.317 e. The number of carbonyl (C=O) groups is 1. The van der Waals surface area contributed by atoms with Gasteiger partial charge in [0.15, 0.2) is 0 Å². The normalized spacial score (nSPS) is 14.4. The summed E-state index contributed by atoms with van der Waals surface area (Å²) in [5.41, 5.74) is 0.263. The first kappa shape index (κ1) is 17.4. The van der Waals surface area contributed by atoms with Crippen LogP contribution in [-0.2, 0) is 4.79 Å². The van der Waals surface area contributed by atoms with Crippen molar-refractivity contribution >= 4 is 5.97 Å². The van der Waals surface area contributed by atoms with E-state index >= 15 is 0 Å². The summed E-state index contributed by atoms with van der Waals surface area (Å²) in [6.07, 6.45) is 10.00. The summed E-state index contributed by atoms with van der Waals surface area (Å²) in [7, 11) is 0. The summed E-state index contributed by atoms with van der Waals surface area (Å²) in [4.78, 5) is 10.5. The highest BCUT2D eigenvalue weighted by Crippen LogP contribution is 2.30. The van der Waals surface area contributed by atoms with E-state index in [9.17, 15) is 4.79 Å². The van der Waals surface area contributed by atoms with Crippen LogP contribution in [0.2, 0.25) is 0 Å². The van der Waals surface area contributed by atoms with Crippen molar-refractivity contribution in [3.63, 3.8) is 0 Å². The summed E-state index contributed by atoms with van der Waals surface area (Å²) < 4.78 is 0. The Morgan fingerprint density at radius 3 is 2.22 bits per heavy atom. The number of aliphatic carboxylic acids is 1. The van der Waals surface area contributed by atoms with Gasteiger partial charge in [0, 0.05) is 6.54 Å². The predicted molar refractivity (Wildman–Crippen MR) is 76.9 cm³/mol. The third kappa shape index (κ3) is 9.46. The maximum absolute atomic E-state index is 10.5. The average molecular weight is 257 g/mol. The largest absolute Gasteiger partial charge is 0.480 e. The van der Waals surface area contributed by atoms with Gasteiger partial charge in [0.05, 0.1) is 6.54 Å². The van der Waals surface area contributed by atoms with Gasteiger partial charge in [-0.2, -0.15) is 0 Å². The van der Waals surface area contributed by atoms with Crippen molar-refractivity contribution in [3.8, 4) is 0 Å². The fraction of sp³-hybridized carbons (Fsp3) is 0.933. The second-order valence-corrected chi connectivity index (χ2v) is 5.72. The van der Waals surface area contributed by atoms with Gasteiger partial charge in [-0.15, -0.1) is 0 Å². The molecule has 0 radical (unpaired) electrons. The number of rotatable bonds is 12. The van der Waals surface area contributed by atoms with Gasteiger partial charge in [0.2, 0.25) is 0 Å². The molecule has 0 fully saturated rings. The van der Waals surface area contributed by atoms with Crippen LogP contribution in [0.25, 0.3) is 0 Å². The quantitative estimate of drug-likeness (QED) is 0.522. The molecular formula is C15H31NO2. The standard InChI is InChI=1S/C15H31NO2/c1-4-6-8-9-11-15(3,10-7-5-2)13-16-12-14(17)18/h16H,4-13H2,1-3H3,(H,17,18). The minimum absolute atomic E-state index is 0.0800. The van der Waals surface area contributed by atoms with E-state index in [1.54, 1.807) is 0 Å². The molecule has 0 heterocycles. The molecule has 0 amide bonds. The van der Waals surface area contributed by atoms with Crippen LogP contribution in [0.5, 0.6) is 0 Å². The molecule has 2 N–H and O–H groups in total. The van der Waals surface area contributed by atoms with E-state index in [2.05, 4.69) is 26.1 Å². The zero-order chi connectivity index (χ0) is 13.9. The molecule has 3 heteroatoms. The van der Waals surface area contributed by atoms with Crippen LogP contribution in [0.3, 0.4) is 0 Å². The van der Waals surface area contributed by atoms with E-state index in [-0.39, 0.29) is 12.0 Å². The predicted octanol–water partition coefficient (Wildman–Crippen LogP) is 3.83. The first-order valence-corrected chi connectivity index (χ1v) is 7.46. The van der Waals surface area contributed by atoms with E-state index < -0.39 is 5.97 Å². The fourth-order valence-corrected chi connectivity index (χ4v) is 2.36. The Kier molecular flexibility index (Phi) is 10.0. The molecular weight excluding hydrogens is 226 g/mol. The lowest BCUT2D eigenvalue weighted by molar-refractivity contribution is -0.136. The van der Waals surface area contributed by atoms with Crippen molar-refractivity contribution in [2.24, 2.45) is 5.41 Å². The van der Waals surface area contributed by atoms with E-state index in [0.29, 0.717) is 0 Å². The Labute approximate surface area is 112 Å². The van der Waals surface area contributed by atoms with E-state index in [4.69, 9.17) is 5.11 Å². The lowest BCUT2D eigenvalue weighted by Gasteiger charge is -2.30. The first-order chi connectivity index (χ1) is 8.54. The van der Waals surface area contributed by atoms with Crippen LogP contribution in [0.15, 0.2) is 0 Å². The average Bonchev–Trinajstić information content (AvgIpc) is 2.32. The van der Waals surface area contributed by atoms with Crippen LogP contribution >= 0.6 is 0 Å². The third-order valence-corrected chi connectivity index (χ3v) is 3.60. The minimum atomic E-state index is -0.765. The molecule has 3 nitrogen and oxygen atoms in total. The maximum atomic E-state index is 10.5. The van der Waals surface area contributed by atoms with Crippen molar-refractivity contribution < 1.29 is 9.90 Å². The Hall–Kier alpha value is -0.570. The van der Waals surface area contributed by atoms with Crippen LogP contribution in [0, 0.1) is 5.41 Å². The SMILES string of the molecule is CCCCCCC(C)(CCCC)CNCC(=O)O. The third-order valence-electron chi connectivity index (χ3n) is 3.60. The molecule has 1 unspecified atom stereocenters. The molecule has 0 aliphatic rings. The van der Waals surface area contributed by atoms with Crippen LogP contribution in [0.4, 0.5) is 0 Å². The van der Waals surface area contributed by atoms with E-state index in [1.807, 2.05) is 0 Å². The number of carboxylic acids is 1. The van der Waals surface area contributed by atoms with E-state index in [0.717, 1.165) is 6.54 Å². The van der Waals surface area contributed by atoms with Crippen LogP contribution in [-0.4, -0.2) is 24.2 Å². The maximum Gasteiger partial charge on any atom is 0.317 e. The lowest BCUT2D eigenvalue weighted by Crippen LogP contribution is -2.35. The number of nitrogens with one attached hydrogen (secondary N) is 1. The topological polar surface area (TPSA) is 49.3 Å². The molecule has 18 heavy (non-hydrogen) atoms. The number of carboxylic acid groups (broad SMARTS) is 1. The van der Waals surface area contributed by atoms with Gasteiger partial charge in [-0.05, 0) is 18.3 Å².